The second-order valence-electron chi connectivity index (χ2n) is 4.30. The molecule has 1 heterocycles. The maximum absolute atomic E-state index is 5.32. The number of rotatable bonds is 4. The van der Waals surface area contributed by atoms with Crippen LogP contribution in [-0.2, 0) is 6.54 Å². The van der Waals surface area contributed by atoms with E-state index in [1.165, 1.54) is 10.9 Å². The van der Waals surface area contributed by atoms with E-state index in [9.17, 15) is 0 Å². The van der Waals surface area contributed by atoms with Crippen molar-refractivity contribution in [3.8, 4) is 11.5 Å². The van der Waals surface area contributed by atoms with Gasteiger partial charge in [-0.1, -0.05) is 0 Å². The lowest BCUT2D eigenvalue weighted by molar-refractivity contribution is 0.355. The van der Waals surface area contributed by atoms with E-state index in [4.69, 9.17) is 9.47 Å². The first kappa shape index (κ1) is 11.8. The van der Waals surface area contributed by atoms with Gasteiger partial charge in [-0.25, -0.2) is 0 Å². The summed E-state index contributed by atoms with van der Waals surface area (Å²) in [5.74, 6) is 1.51. The van der Waals surface area contributed by atoms with E-state index in [2.05, 4.69) is 24.0 Å². The molecule has 0 bridgehead atoms. The molecule has 1 aromatic heterocycles. The summed E-state index contributed by atoms with van der Waals surface area (Å²) in [7, 11) is 7.41. The Morgan fingerprint density at radius 3 is 2.35 bits per heavy atom. The van der Waals surface area contributed by atoms with Crippen LogP contribution in [-0.4, -0.2) is 38.2 Å². The van der Waals surface area contributed by atoms with Crippen molar-refractivity contribution in [3.63, 3.8) is 0 Å². The number of hydrogen-bond acceptors (Lipinski definition) is 3. The van der Waals surface area contributed by atoms with Gasteiger partial charge in [0.15, 0.2) is 11.5 Å². The van der Waals surface area contributed by atoms with Crippen molar-refractivity contribution in [2.45, 2.75) is 6.54 Å². The third-order valence-corrected chi connectivity index (χ3v) is 2.76. The average molecular weight is 234 g/mol. The van der Waals surface area contributed by atoms with Gasteiger partial charge in [-0.3, -0.25) is 0 Å². The zero-order valence-electron chi connectivity index (χ0n) is 10.7. The molecule has 17 heavy (non-hydrogen) atoms. The molecule has 0 radical (unpaired) electrons. The van der Waals surface area contributed by atoms with Crippen molar-refractivity contribution in [2.75, 3.05) is 28.3 Å². The molecule has 0 spiro atoms. The molecule has 1 aromatic carbocycles. The summed E-state index contributed by atoms with van der Waals surface area (Å²) in [6, 6.07) is 3.98. The van der Waals surface area contributed by atoms with Crippen molar-refractivity contribution in [1.29, 1.82) is 0 Å². The van der Waals surface area contributed by atoms with Crippen LogP contribution >= 0.6 is 0 Å². The average Bonchev–Trinajstić information content (AvgIpc) is 2.69. The number of methoxy groups -OCH3 is 2. The number of hydrogen-bond donors (Lipinski definition) is 1. The van der Waals surface area contributed by atoms with Crippen molar-refractivity contribution < 1.29 is 9.47 Å². The first-order chi connectivity index (χ1) is 8.15. The Morgan fingerprint density at radius 1 is 1.12 bits per heavy atom. The summed E-state index contributed by atoms with van der Waals surface area (Å²) in [6.45, 7) is 0.898. The highest BCUT2D eigenvalue weighted by molar-refractivity contribution is 5.86. The molecule has 0 atom stereocenters. The van der Waals surface area contributed by atoms with Crippen LogP contribution < -0.4 is 9.47 Å². The molecule has 0 amide bonds. The van der Waals surface area contributed by atoms with Gasteiger partial charge in [-0.2, -0.15) is 0 Å². The van der Waals surface area contributed by atoms with Crippen LogP contribution in [0.25, 0.3) is 10.9 Å². The number of benzene rings is 1. The van der Waals surface area contributed by atoms with E-state index in [0.29, 0.717) is 0 Å². The van der Waals surface area contributed by atoms with Crippen LogP contribution in [0.15, 0.2) is 18.3 Å². The molecule has 0 saturated heterocycles. The molecule has 4 nitrogen and oxygen atoms in total. The van der Waals surface area contributed by atoms with E-state index in [1.54, 1.807) is 14.2 Å². The van der Waals surface area contributed by atoms with E-state index >= 15 is 0 Å². The van der Waals surface area contributed by atoms with Crippen LogP contribution in [0.3, 0.4) is 0 Å². The quantitative estimate of drug-likeness (QED) is 0.881. The normalized spacial score (nSPS) is 11.1. The van der Waals surface area contributed by atoms with Crippen molar-refractivity contribution >= 4 is 10.9 Å². The minimum atomic E-state index is 0.748. The Labute approximate surface area is 101 Å². The predicted molar refractivity (Wildman–Crippen MR) is 68.8 cm³/mol. The molecule has 0 saturated carbocycles. The van der Waals surface area contributed by atoms with Gasteiger partial charge in [0.2, 0.25) is 0 Å². The summed E-state index contributed by atoms with van der Waals surface area (Å²) < 4.78 is 10.6. The fraction of sp³-hybridized carbons (Fsp3) is 0.385. The Balaban J connectivity index is 2.53. The van der Waals surface area contributed by atoms with Gasteiger partial charge in [0.05, 0.1) is 14.2 Å². The van der Waals surface area contributed by atoms with Gasteiger partial charge in [0, 0.05) is 29.7 Å². The molecule has 0 aliphatic heterocycles. The minimum absolute atomic E-state index is 0.748. The third kappa shape index (κ3) is 2.22. The molecular formula is C13H18N2O2. The van der Waals surface area contributed by atoms with Crippen LogP contribution in [0.2, 0.25) is 0 Å². The second kappa shape index (κ2) is 4.67. The summed E-state index contributed by atoms with van der Waals surface area (Å²) in [5, 5.41) is 1.18. The lowest BCUT2D eigenvalue weighted by Gasteiger charge is -2.10. The van der Waals surface area contributed by atoms with Gasteiger partial charge >= 0.3 is 0 Å². The maximum Gasteiger partial charge on any atom is 0.162 e. The monoisotopic (exact) mass is 234 g/mol. The molecule has 2 rings (SSSR count). The van der Waals surface area contributed by atoms with E-state index in [-0.39, 0.29) is 0 Å². The highest BCUT2D eigenvalue weighted by Crippen LogP contribution is 2.33. The first-order valence-corrected chi connectivity index (χ1v) is 5.52. The molecule has 2 aromatic rings. The van der Waals surface area contributed by atoms with Crippen LogP contribution in [0.4, 0.5) is 0 Å². The van der Waals surface area contributed by atoms with Crippen LogP contribution in [0.5, 0.6) is 11.5 Å². The second-order valence-corrected chi connectivity index (χ2v) is 4.30. The number of nitrogens with zero attached hydrogens (tertiary/aromatic N) is 1. The van der Waals surface area contributed by atoms with Gasteiger partial charge in [0.1, 0.15) is 0 Å². The van der Waals surface area contributed by atoms with Crippen molar-refractivity contribution in [2.24, 2.45) is 0 Å². The topological polar surface area (TPSA) is 37.5 Å². The lowest BCUT2D eigenvalue weighted by atomic mass is 10.1. The van der Waals surface area contributed by atoms with E-state index in [0.717, 1.165) is 23.6 Å². The summed E-state index contributed by atoms with van der Waals surface area (Å²) in [5.41, 5.74) is 2.32. The van der Waals surface area contributed by atoms with Crippen molar-refractivity contribution in [3.05, 3.63) is 23.9 Å². The summed E-state index contributed by atoms with van der Waals surface area (Å²) in [6.07, 6.45) is 2.03. The number of nitrogens with one attached hydrogen (secondary N) is 1. The lowest BCUT2D eigenvalue weighted by Crippen LogP contribution is -2.10. The Morgan fingerprint density at radius 2 is 1.76 bits per heavy atom. The van der Waals surface area contributed by atoms with Crippen LogP contribution in [0.1, 0.15) is 5.56 Å². The molecular weight excluding hydrogens is 216 g/mol. The number of fused-ring (bicyclic) bond motifs is 1. The molecule has 4 heteroatoms. The Bertz CT molecular complexity index is 517. The number of aromatic amines is 1. The Kier molecular flexibility index (Phi) is 3.24. The highest BCUT2D eigenvalue weighted by atomic mass is 16.5. The zero-order chi connectivity index (χ0) is 12.4. The molecule has 0 aliphatic rings. The van der Waals surface area contributed by atoms with Gasteiger partial charge < -0.3 is 19.4 Å². The maximum atomic E-state index is 5.32. The molecule has 0 unspecified atom stereocenters. The fourth-order valence-corrected chi connectivity index (χ4v) is 1.98. The standard InChI is InChI=1S/C13H18N2O2/c1-15(2)8-9-7-14-11-6-13(17-4)12(16-3)5-10(9)11/h5-7,14H,8H2,1-4H3. The molecule has 1 N–H and O–H groups in total. The SMILES string of the molecule is COc1cc2[nH]cc(CN(C)C)c2cc1OC. The fourth-order valence-electron chi connectivity index (χ4n) is 1.98. The predicted octanol–water partition coefficient (Wildman–Crippen LogP) is 2.25. The summed E-state index contributed by atoms with van der Waals surface area (Å²) >= 11 is 0. The number of aromatic nitrogens is 1. The summed E-state index contributed by atoms with van der Waals surface area (Å²) in [4.78, 5) is 5.40. The van der Waals surface area contributed by atoms with E-state index in [1.807, 2.05) is 18.3 Å². The number of ether oxygens (including phenoxy) is 2. The Hall–Kier alpha value is -1.68. The highest BCUT2D eigenvalue weighted by Gasteiger charge is 2.10. The number of H-pyrrole nitrogens is 1. The van der Waals surface area contributed by atoms with Crippen molar-refractivity contribution in [1.82, 2.24) is 9.88 Å². The van der Waals surface area contributed by atoms with E-state index < -0.39 is 0 Å². The zero-order valence-corrected chi connectivity index (χ0v) is 10.7. The van der Waals surface area contributed by atoms with Gasteiger partial charge in [0.25, 0.3) is 0 Å². The smallest absolute Gasteiger partial charge is 0.162 e. The molecule has 92 valence electrons. The largest absolute Gasteiger partial charge is 0.493 e. The van der Waals surface area contributed by atoms with Gasteiger partial charge in [-0.15, -0.1) is 0 Å². The molecule has 0 aliphatic carbocycles. The van der Waals surface area contributed by atoms with Crippen LogP contribution in [0, 0.1) is 0 Å². The third-order valence-electron chi connectivity index (χ3n) is 2.76. The first-order valence-electron chi connectivity index (χ1n) is 5.52. The van der Waals surface area contributed by atoms with Gasteiger partial charge in [-0.05, 0) is 25.7 Å². The minimum Gasteiger partial charge on any atom is -0.493 e. The molecule has 0 fully saturated rings.